The number of piperidine rings is 1. The Balaban J connectivity index is 1.66. The smallest absolute Gasteiger partial charge is 0.407 e. The van der Waals surface area contributed by atoms with Crippen LogP contribution in [0.4, 0.5) is 9.18 Å². The topological polar surface area (TPSA) is 60.9 Å². The Labute approximate surface area is 196 Å². The fourth-order valence-corrected chi connectivity index (χ4v) is 5.69. The molecule has 8 heteroatoms. The van der Waals surface area contributed by atoms with Crippen molar-refractivity contribution >= 4 is 35.2 Å². The molecule has 2 aliphatic rings. The zero-order chi connectivity index (χ0) is 23.0. The van der Waals surface area contributed by atoms with E-state index in [4.69, 9.17) is 23.2 Å². The Morgan fingerprint density at radius 1 is 1.06 bits per heavy atom. The fourth-order valence-electron chi connectivity index (χ4n) is 5.15. The minimum atomic E-state index is -1.01. The lowest BCUT2D eigenvalue weighted by Crippen LogP contribution is -2.48. The maximum Gasteiger partial charge on any atom is 0.407 e. The van der Waals surface area contributed by atoms with Gasteiger partial charge in [-0.3, -0.25) is 4.79 Å². The van der Waals surface area contributed by atoms with Gasteiger partial charge in [0.2, 0.25) is 5.91 Å². The highest BCUT2D eigenvalue weighted by molar-refractivity contribution is 6.34. The Kier molecular flexibility index (Phi) is 6.63. The third kappa shape index (κ3) is 4.57. The number of rotatable bonds is 3. The van der Waals surface area contributed by atoms with Crippen LogP contribution in [-0.2, 0) is 4.79 Å². The molecule has 0 bridgehead atoms. The number of hydrogen-bond acceptors (Lipinski definition) is 2. The van der Waals surface area contributed by atoms with E-state index in [0.29, 0.717) is 29.6 Å². The molecular formula is C24H25Cl2FN2O3. The second kappa shape index (κ2) is 9.28. The molecule has 4 rings (SSSR count). The van der Waals surface area contributed by atoms with Gasteiger partial charge in [-0.1, -0.05) is 29.3 Å². The number of carbonyl (C=O) groups is 2. The SMILES string of the molecule is Cc1cc(F)ccc1[C@@H]1CN(C(=O)O)CC[C@H]1C(=O)N1CCCC1c1cc(Cl)cc(Cl)c1. The van der Waals surface area contributed by atoms with Gasteiger partial charge >= 0.3 is 6.09 Å². The van der Waals surface area contributed by atoms with Crippen LogP contribution < -0.4 is 0 Å². The fraction of sp³-hybridized carbons (Fsp3) is 0.417. The Morgan fingerprint density at radius 2 is 1.78 bits per heavy atom. The summed E-state index contributed by atoms with van der Waals surface area (Å²) < 4.78 is 13.7. The van der Waals surface area contributed by atoms with Gasteiger partial charge in [-0.25, -0.2) is 9.18 Å². The van der Waals surface area contributed by atoms with Gasteiger partial charge in [-0.05, 0) is 73.2 Å². The summed E-state index contributed by atoms with van der Waals surface area (Å²) in [5.41, 5.74) is 2.45. The van der Waals surface area contributed by atoms with Crippen LogP contribution in [0.1, 0.15) is 47.9 Å². The van der Waals surface area contributed by atoms with Crippen molar-refractivity contribution < 1.29 is 19.1 Å². The van der Waals surface area contributed by atoms with E-state index >= 15 is 0 Å². The summed E-state index contributed by atoms with van der Waals surface area (Å²) >= 11 is 12.4. The van der Waals surface area contributed by atoms with Gasteiger partial charge in [0.05, 0.1) is 6.04 Å². The summed E-state index contributed by atoms with van der Waals surface area (Å²) in [6, 6.07) is 9.73. The van der Waals surface area contributed by atoms with Crippen LogP contribution in [0.5, 0.6) is 0 Å². The molecule has 1 N–H and O–H groups in total. The Bertz CT molecular complexity index is 1030. The van der Waals surface area contributed by atoms with Crippen LogP contribution in [0.15, 0.2) is 36.4 Å². The lowest BCUT2D eigenvalue weighted by molar-refractivity contribution is -0.138. The highest BCUT2D eigenvalue weighted by Crippen LogP contribution is 2.41. The standard InChI is InChI=1S/C24H25Cl2FN2O3/c1-14-9-18(27)4-5-19(14)21-13-28(24(31)32)8-6-20(21)23(30)29-7-2-3-22(29)15-10-16(25)12-17(26)11-15/h4-5,9-12,20-22H,2-3,6-8,13H2,1H3,(H,31,32)/t20-,21+,22?/m1/s1. The highest BCUT2D eigenvalue weighted by atomic mass is 35.5. The molecule has 0 radical (unpaired) electrons. The Morgan fingerprint density at radius 3 is 2.44 bits per heavy atom. The summed E-state index contributed by atoms with van der Waals surface area (Å²) in [5.74, 6) is -1.07. The van der Waals surface area contributed by atoms with Crippen LogP contribution in [0, 0.1) is 18.7 Å². The second-order valence-corrected chi connectivity index (χ2v) is 9.50. The number of hydrogen-bond donors (Lipinski definition) is 1. The molecule has 2 aromatic rings. The van der Waals surface area contributed by atoms with Crippen molar-refractivity contribution in [3.05, 3.63) is 69.0 Å². The molecule has 2 saturated heterocycles. The number of aryl methyl sites for hydroxylation is 1. The number of carbonyl (C=O) groups excluding carboxylic acids is 1. The lowest BCUT2D eigenvalue weighted by Gasteiger charge is -2.40. The summed E-state index contributed by atoms with van der Waals surface area (Å²) in [6.07, 6.45) is 1.10. The largest absolute Gasteiger partial charge is 0.465 e. The zero-order valence-electron chi connectivity index (χ0n) is 17.7. The van der Waals surface area contributed by atoms with Gasteiger partial charge < -0.3 is 14.9 Å². The number of amides is 2. The van der Waals surface area contributed by atoms with Crippen LogP contribution in [0.25, 0.3) is 0 Å². The van der Waals surface area contributed by atoms with E-state index in [0.717, 1.165) is 29.5 Å². The molecule has 2 aromatic carbocycles. The van der Waals surface area contributed by atoms with Crippen molar-refractivity contribution in [3.63, 3.8) is 0 Å². The molecule has 2 heterocycles. The van der Waals surface area contributed by atoms with E-state index in [2.05, 4.69) is 0 Å². The monoisotopic (exact) mass is 478 g/mol. The molecule has 0 aliphatic carbocycles. The quantitative estimate of drug-likeness (QED) is 0.598. The van der Waals surface area contributed by atoms with Gasteiger partial charge in [0.25, 0.3) is 0 Å². The summed E-state index contributed by atoms with van der Waals surface area (Å²) in [6.45, 7) is 2.93. The predicted molar refractivity (Wildman–Crippen MR) is 122 cm³/mol. The maximum absolute atomic E-state index is 13.8. The van der Waals surface area contributed by atoms with Crippen LogP contribution in [0.3, 0.4) is 0 Å². The van der Waals surface area contributed by atoms with Gasteiger partial charge in [-0.15, -0.1) is 0 Å². The first-order chi connectivity index (χ1) is 15.2. The van der Waals surface area contributed by atoms with Gasteiger partial charge in [0.1, 0.15) is 5.82 Å². The van der Waals surface area contributed by atoms with Gasteiger partial charge in [-0.2, -0.15) is 0 Å². The zero-order valence-corrected chi connectivity index (χ0v) is 19.2. The van der Waals surface area contributed by atoms with Crippen molar-refractivity contribution in [2.45, 2.75) is 38.1 Å². The molecule has 2 fully saturated rings. The average Bonchev–Trinajstić information content (AvgIpc) is 3.22. The van der Waals surface area contributed by atoms with Crippen LogP contribution in [-0.4, -0.2) is 46.5 Å². The number of likely N-dealkylation sites (tertiary alicyclic amines) is 2. The Hall–Kier alpha value is -2.31. The van der Waals surface area contributed by atoms with Crippen molar-refractivity contribution in [3.8, 4) is 0 Å². The number of benzene rings is 2. The second-order valence-electron chi connectivity index (χ2n) is 8.62. The predicted octanol–water partition coefficient (Wildman–Crippen LogP) is 5.89. The molecule has 0 spiro atoms. The molecular weight excluding hydrogens is 454 g/mol. The molecule has 2 aliphatic heterocycles. The molecule has 0 aromatic heterocycles. The summed E-state index contributed by atoms with van der Waals surface area (Å²) in [7, 11) is 0. The molecule has 1 unspecified atom stereocenters. The average molecular weight is 479 g/mol. The van der Waals surface area contributed by atoms with Crippen molar-refractivity contribution in [1.29, 1.82) is 0 Å². The van der Waals surface area contributed by atoms with E-state index in [-0.39, 0.29) is 36.1 Å². The highest BCUT2D eigenvalue weighted by Gasteiger charge is 2.42. The number of nitrogens with zero attached hydrogens (tertiary/aromatic N) is 2. The lowest BCUT2D eigenvalue weighted by atomic mass is 9.78. The van der Waals surface area contributed by atoms with Gasteiger partial charge in [0, 0.05) is 41.5 Å². The minimum Gasteiger partial charge on any atom is -0.465 e. The number of carboxylic acid groups (broad SMARTS) is 1. The van der Waals surface area contributed by atoms with E-state index in [1.165, 1.54) is 17.0 Å². The van der Waals surface area contributed by atoms with Crippen molar-refractivity contribution in [2.75, 3.05) is 19.6 Å². The van der Waals surface area contributed by atoms with Crippen molar-refractivity contribution in [1.82, 2.24) is 9.80 Å². The van der Waals surface area contributed by atoms with Gasteiger partial charge in [0.15, 0.2) is 0 Å². The first-order valence-electron chi connectivity index (χ1n) is 10.7. The normalized spacial score (nSPS) is 23.4. The molecule has 3 atom stereocenters. The summed E-state index contributed by atoms with van der Waals surface area (Å²) in [5, 5.41) is 10.6. The summed E-state index contributed by atoms with van der Waals surface area (Å²) in [4.78, 5) is 28.7. The number of halogens is 3. The minimum absolute atomic E-state index is 0.00219. The van der Waals surface area contributed by atoms with E-state index in [1.807, 2.05) is 17.0 Å². The van der Waals surface area contributed by atoms with Crippen LogP contribution in [0.2, 0.25) is 10.0 Å². The van der Waals surface area contributed by atoms with Crippen LogP contribution >= 0.6 is 23.2 Å². The van der Waals surface area contributed by atoms with Crippen molar-refractivity contribution in [2.24, 2.45) is 5.92 Å². The molecule has 2 amide bonds. The van der Waals surface area contributed by atoms with E-state index < -0.39 is 6.09 Å². The first kappa shape index (κ1) is 22.9. The third-order valence-corrected chi connectivity index (χ3v) is 7.07. The molecule has 0 saturated carbocycles. The third-order valence-electron chi connectivity index (χ3n) is 6.64. The van der Waals surface area contributed by atoms with E-state index in [1.54, 1.807) is 19.1 Å². The molecule has 170 valence electrons. The van der Waals surface area contributed by atoms with E-state index in [9.17, 15) is 19.1 Å². The molecule has 32 heavy (non-hydrogen) atoms. The molecule has 5 nitrogen and oxygen atoms in total. The first-order valence-corrected chi connectivity index (χ1v) is 11.5. The maximum atomic E-state index is 13.8.